The Hall–Kier alpha value is -2.50. The Labute approximate surface area is 113 Å². The Morgan fingerprint density at radius 1 is 1.20 bits per heavy atom. The highest BCUT2D eigenvalue weighted by Gasteiger charge is 2.15. The van der Waals surface area contributed by atoms with Crippen molar-refractivity contribution >= 4 is 11.0 Å². The second kappa shape index (κ2) is 4.56. The summed E-state index contributed by atoms with van der Waals surface area (Å²) in [5.41, 5.74) is 2.03. The molecular formula is C14H11F2N3O. The fourth-order valence-corrected chi connectivity index (χ4v) is 2.17. The van der Waals surface area contributed by atoms with Crippen molar-refractivity contribution in [3.63, 3.8) is 0 Å². The Morgan fingerprint density at radius 2 is 2.00 bits per heavy atom. The van der Waals surface area contributed by atoms with E-state index in [0.29, 0.717) is 28.1 Å². The first-order valence-electron chi connectivity index (χ1n) is 5.96. The average molecular weight is 275 g/mol. The summed E-state index contributed by atoms with van der Waals surface area (Å²) in [7, 11) is 1.40. The molecule has 0 unspecified atom stereocenters. The van der Waals surface area contributed by atoms with E-state index in [1.165, 1.54) is 19.2 Å². The molecule has 0 aliphatic rings. The molecule has 4 nitrogen and oxygen atoms in total. The molecule has 0 aliphatic heterocycles. The van der Waals surface area contributed by atoms with Crippen LogP contribution in [0.4, 0.5) is 8.78 Å². The van der Waals surface area contributed by atoms with Crippen LogP contribution in [0.15, 0.2) is 24.3 Å². The molecule has 6 heteroatoms. The van der Waals surface area contributed by atoms with Crippen molar-refractivity contribution in [2.75, 3.05) is 7.11 Å². The smallest absolute Gasteiger partial charge is 0.213 e. The molecule has 0 fully saturated rings. The molecule has 0 amide bonds. The van der Waals surface area contributed by atoms with Crippen molar-refractivity contribution < 1.29 is 13.5 Å². The zero-order valence-corrected chi connectivity index (χ0v) is 10.9. The monoisotopic (exact) mass is 275 g/mol. The van der Waals surface area contributed by atoms with Crippen LogP contribution >= 0.6 is 0 Å². The molecule has 102 valence electrons. The summed E-state index contributed by atoms with van der Waals surface area (Å²) in [4.78, 5) is 11.0. The van der Waals surface area contributed by atoms with Crippen molar-refractivity contribution in [1.29, 1.82) is 0 Å². The van der Waals surface area contributed by atoms with Crippen LogP contribution in [0.2, 0.25) is 0 Å². The molecule has 0 saturated heterocycles. The van der Waals surface area contributed by atoms with Gasteiger partial charge in [0.1, 0.15) is 5.69 Å². The van der Waals surface area contributed by atoms with Crippen LogP contribution in [-0.2, 0) is 0 Å². The fraction of sp³-hybridized carbons (Fsp3) is 0.143. The number of nitrogens with one attached hydrogen (secondary N) is 1. The van der Waals surface area contributed by atoms with Gasteiger partial charge in [-0.15, -0.1) is 0 Å². The number of aromatic amines is 1. The van der Waals surface area contributed by atoms with Gasteiger partial charge in [0.05, 0.1) is 18.1 Å². The molecule has 20 heavy (non-hydrogen) atoms. The molecule has 2 aromatic heterocycles. The predicted octanol–water partition coefficient (Wildman–Crippen LogP) is 3.22. The number of H-pyrrole nitrogens is 1. The molecule has 1 N–H and O–H groups in total. The Balaban J connectivity index is 2.23. The van der Waals surface area contributed by atoms with Gasteiger partial charge in [0.2, 0.25) is 5.95 Å². The maximum Gasteiger partial charge on any atom is 0.213 e. The minimum atomic E-state index is -0.594. The molecule has 0 spiro atoms. The lowest BCUT2D eigenvalue weighted by Crippen LogP contribution is -1.92. The first kappa shape index (κ1) is 12.5. The van der Waals surface area contributed by atoms with Gasteiger partial charge in [0.25, 0.3) is 0 Å². The number of methoxy groups -OCH3 is 1. The molecule has 0 atom stereocenters. The SMILES string of the molecule is COc1c(F)cc2[nH]c(-c3cccc(F)n3)nc2c1C. The Morgan fingerprint density at radius 3 is 2.70 bits per heavy atom. The first-order valence-corrected chi connectivity index (χ1v) is 5.96. The van der Waals surface area contributed by atoms with Crippen LogP contribution in [0, 0.1) is 18.7 Å². The molecule has 3 rings (SSSR count). The van der Waals surface area contributed by atoms with Crippen molar-refractivity contribution in [3.8, 4) is 17.3 Å². The number of benzene rings is 1. The number of rotatable bonds is 2. The number of aromatic nitrogens is 3. The Bertz CT molecular complexity index is 798. The number of imidazole rings is 1. The molecule has 0 aliphatic carbocycles. The van der Waals surface area contributed by atoms with Gasteiger partial charge < -0.3 is 9.72 Å². The zero-order chi connectivity index (χ0) is 14.3. The van der Waals surface area contributed by atoms with Crippen molar-refractivity contribution in [1.82, 2.24) is 15.0 Å². The van der Waals surface area contributed by atoms with Crippen LogP contribution < -0.4 is 4.74 Å². The zero-order valence-electron chi connectivity index (χ0n) is 10.9. The van der Waals surface area contributed by atoms with Crippen LogP contribution in [0.5, 0.6) is 5.75 Å². The standard InChI is InChI=1S/C14H11F2N3O/c1-7-12-10(6-8(15)13(7)20-2)18-14(19-12)9-4-3-5-11(16)17-9/h3-6H,1-2H3,(H,18,19). The largest absolute Gasteiger partial charge is 0.493 e. The number of ether oxygens (including phenoxy) is 1. The van der Waals surface area contributed by atoms with Gasteiger partial charge in [-0.2, -0.15) is 4.39 Å². The number of hydrogen-bond donors (Lipinski definition) is 1. The molecule has 2 heterocycles. The van der Waals surface area contributed by atoms with Crippen LogP contribution in [0.1, 0.15) is 5.56 Å². The summed E-state index contributed by atoms with van der Waals surface area (Å²) in [6.45, 7) is 1.72. The van der Waals surface area contributed by atoms with E-state index in [9.17, 15) is 8.78 Å². The van der Waals surface area contributed by atoms with E-state index in [4.69, 9.17) is 4.74 Å². The second-order valence-electron chi connectivity index (χ2n) is 4.34. The van der Waals surface area contributed by atoms with Crippen LogP contribution in [0.3, 0.4) is 0 Å². The lowest BCUT2D eigenvalue weighted by Gasteiger charge is -2.05. The average Bonchev–Trinajstić information content (AvgIpc) is 2.83. The highest BCUT2D eigenvalue weighted by Crippen LogP contribution is 2.30. The summed E-state index contributed by atoms with van der Waals surface area (Å²) in [5, 5.41) is 0. The van der Waals surface area contributed by atoms with Gasteiger partial charge in [0.15, 0.2) is 17.4 Å². The van der Waals surface area contributed by atoms with Gasteiger partial charge in [-0.3, -0.25) is 0 Å². The second-order valence-corrected chi connectivity index (χ2v) is 4.34. The third-order valence-corrected chi connectivity index (χ3v) is 3.08. The van der Waals surface area contributed by atoms with Crippen LogP contribution in [0.25, 0.3) is 22.6 Å². The number of nitrogens with zero attached hydrogens (tertiary/aromatic N) is 2. The molecule has 0 radical (unpaired) electrons. The topological polar surface area (TPSA) is 50.8 Å². The van der Waals surface area contributed by atoms with Gasteiger partial charge in [-0.25, -0.2) is 14.4 Å². The summed E-state index contributed by atoms with van der Waals surface area (Å²) >= 11 is 0. The van der Waals surface area contributed by atoms with Crippen molar-refractivity contribution in [2.24, 2.45) is 0 Å². The number of fused-ring (bicyclic) bond motifs is 1. The van der Waals surface area contributed by atoms with Crippen molar-refractivity contribution in [3.05, 3.63) is 41.6 Å². The third kappa shape index (κ3) is 1.89. The lowest BCUT2D eigenvalue weighted by atomic mass is 10.2. The lowest BCUT2D eigenvalue weighted by molar-refractivity contribution is 0.384. The molecule has 1 aromatic carbocycles. The number of halogens is 2. The number of hydrogen-bond acceptors (Lipinski definition) is 3. The van der Waals surface area contributed by atoms with E-state index in [1.54, 1.807) is 19.1 Å². The van der Waals surface area contributed by atoms with E-state index in [-0.39, 0.29) is 5.75 Å². The third-order valence-electron chi connectivity index (χ3n) is 3.08. The molecular weight excluding hydrogens is 264 g/mol. The van der Waals surface area contributed by atoms with E-state index in [2.05, 4.69) is 15.0 Å². The molecule has 3 aromatic rings. The summed E-state index contributed by atoms with van der Waals surface area (Å²) < 4.78 is 32.0. The fourth-order valence-electron chi connectivity index (χ4n) is 2.17. The van der Waals surface area contributed by atoms with E-state index in [1.807, 2.05) is 0 Å². The van der Waals surface area contributed by atoms with E-state index in [0.717, 1.165) is 0 Å². The predicted molar refractivity (Wildman–Crippen MR) is 70.5 cm³/mol. The normalized spacial score (nSPS) is 11.0. The van der Waals surface area contributed by atoms with Gasteiger partial charge in [0, 0.05) is 11.6 Å². The van der Waals surface area contributed by atoms with Gasteiger partial charge in [-0.1, -0.05) is 6.07 Å². The highest BCUT2D eigenvalue weighted by molar-refractivity contribution is 5.84. The van der Waals surface area contributed by atoms with Gasteiger partial charge >= 0.3 is 0 Å². The Kier molecular flexibility index (Phi) is 2.85. The number of pyridine rings is 1. The maximum atomic E-state index is 13.8. The summed E-state index contributed by atoms with van der Waals surface area (Å²) in [6, 6.07) is 5.72. The molecule has 0 saturated carbocycles. The first-order chi connectivity index (χ1) is 9.60. The van der Waals surface area contributed by atoms with Crippen molar-refractivity contribution in [2.45, 2.75) is 6.92 Å². The quantitative estimate of drug-likeness (QED) is 0.730. The van der Waals surface area contributed by atoms with E-state index < -0.39 is 11.8 Å². The highest BCUT2D eigenvalue weighted by atomic mass is 19.1. The maximum absolute atomic E-state index is 13.8. The minimum Gasteiger partial charge on any atom is -0.493 e. The summed E-state index contributed by atoms with van der Waals surface area (Å²) in [5.74, 6) is -0.527. The van der Waals surface area contributed by atoms with Gasteiger partial charge in [-0.05, 0) is 19.1 Å². The summed E-state index contributed by atoms with van der Waals surface area (Å²) in [6.07, 6.45) is 0. The van der Waals surface area contributed by atoms with E-state index >= 15 is 0 Å². The van der Waals surface area contributed by atoms with Crippen LogP contribution in [-0.4, -0.2) is 22.1 Å². The molecule has 0 bridgehead atoms. The number of aryl methyl sites for hydroxylation is 1. The minimum absolute atomic E-state index is 0.155.